The molecule has 1 aromatic heterocycles. The Bertz CT molecular complexity index is 551. The lowest BCUT2D eigenvalue weighted by atomic mass is 9.95. The zero-order valence-corrected chi connectivity index (χ0v) is 13.1. The minimum absolute atomic E-state index is 0.0305. The molecule has 0 unspecified atom stereocenters. The normalized spacial score (nSPS) is 19.6. The van der Waals surface area contributed by atoms with Gasteiger partial charge in [-0.1, -0.05) is 30.9 Å². The second-order valence-electron chi connectivity index (χ2n) is 6.22. The van der Waals surface area contributed by atoms with Crippen molar-refractivity contribution in [2.24, 2.45) is 0 Å². The van der Waals surface area contributed by atoms with E-state index in [2.05, 4.69) is 10.4 Å². The third kappa shape index (κ3) is 3.42. The minimum atomic E-state index is -2.72. The van der Waals surface area contributed by atoms with Crippen molar-refractivity contribution >= 4 is 17.5 Å². The van der Waals surface area contributed by atoms with Gasteiger partial charge in [-0.2, -0.15) is 5.10 Å². The molecule has 0 aliphatic heterocycles. The van der Waals surface area contributed by atoms with Crippen LogP contribution in [-0.2, 0) is 11.3 Å². The molecule has 1 heterocycles. The van der Waals surface area contributed by atoms with Crippen LogP contribution in [0.4, 0.5) is 8.78 Å². The highest BCUT2D eigenvalue weighted by molar-refractivity contribution is 6.32. The van der Waals surface area contributed by atoms with Crippen LogP contribution in [0.3, 0.4) is 0 Å². The summed E-state index contributed by atoms with van der Waals surface area (Å²) in [7, 11) is 0. The van der Waals surface area contributed by atoms with E-state index in [0.717, 1.165) is 38.5 Å². The fourth-order valence-corrected chi connectivity index (χ4v) is 3.51. The molecular formula is C15H20ClF2N3O. The smallest absolute Gasteiger partial charge is 0.283 e. The Kier molecular flexibility index (Phi) is 4.66. The molecule has 0 atom stereocenters. The number of alkyl halides is 2. The lowest BCUT2D eigenvalue weighted by molar-refractivity contribution is -0.122. The average Bonchev–Trinajstić information content (AvgIpc) is 3.25. The Hall–Kier alpha value is -1.17. The van der Waals surface area contributed by atoms with Crippen LogP contribution in [0.5, 0.6) is 0 Å². The summed E-state index contributed by atoms with van der Waals surface area (Å²) in [5.41, 5.74) is 0.185. The van der Waals surface area contributed by atoms with Crippen molar-refractivity contribution in [2.75, 3.05) is 0 Å². The van der Waals surface area contributed by atoms with Gasteiger partial charge in [0, 0.05) is 12.0 Å². The molecule has 2 fully saturated rings. The number of amides is 1. The van der Waals surface area contributed by atoms with Crippen LogP contribution in [0, 0.1) is 0 Å². The van der Waals surface area contributed by atoms with Gasteiger partial charge >= 0.3 is 0 Å². The molecular weight excluding hydrogens is 312 g/mol. The maximum absolute atomic E-state index is 13.0. The number of rotatable bonds is 5. The van der Waals surface area contributed by atoms with E-state index in [-0.39, 0.29) is 29.4 Å². The summed E-state index contributed by atoms with van der Waals surface area (Å²) >= 11 is 6.04. The predicted molar refractivity (Wildman–Crippen MR) is 79.2 cm³/mol. The lowest BCUT2D eigenvalue weighted by Crippen LogP contribution is -2.38. The molecule has 2 saturated carbocycles. The van der Waals surface area contributed by atoms with Crippen LogP contribution in [0.15, 0.2) is 0 Å². The van der Waals surface area contributed by atoms with Crippen LogP contribution < -0.4 is 5.32 Å². The molecule has 22 heavy (non-hydrogen) atoms. The van der Waals surface area contributed by atoms with Gasteiger partial charge in [-0.05, 0) is 25.7 Å². The van der Waals surface area contributed by atoms with Crippen molar-refractivity contribution in [1.82, 2.24) is 15.1 Å². The Morgan fingerprint density at radius 3 is 2.55 bits per heavy atom. The molecule has 0 bridgehead atoms. The van der Waals surface area contributed by atoms with Gasteiger partial charge in [-0.25, -0.2) is 8.78 Å². The van der Waals surface area contributed by atoms with E-state index in [1.165, 1.54) is 11.1 Å². The number of nitrogens with zero attached hydrogens (tertiary/aromatic N) is 2. The van der Waals surface area contributed by atoms with Crippen molar-refractivity contribution in [2.45, 2.75) is 69.9 Å². The summed E-state index contributed by atoms with van der Waals surface area (Å²) in [6.45, 7) is -0.0330. The summed E-state index contributed by atoms with van der Waals surface area (Å²) in [4.78, 5) is 12.2. The van der Waals surface area contributed by atoms with E-state index >= 15 is 0 Å². The number of aromatic nitrogens is 2. The highest BCUT2D eigenvalue weighted by Gasteiger charge is 2.34. The quantitative estimate of drug-likeness (QED) is 0.892. The molecule has 0 spiro atoms. The summed E-state index contributed by atoms with van der Waals surface area (Å²) in [6, 6.07) is 0.200. The van der Waals surface area contributed by atoms with Crippen LogP contribution in [0.25, 0.3) is 0 Å². The fraction of sp³-hybridized carbons (Fsp3) is 0.733. The molecule has 3 rings (SSSR count). The number of nitrogens with one attached hydrogen (secondary N) is 1. The predicted octanol–water partition coefficient (Wildman–Crippen LogP) is 3.80. The van der Waals surface area contributed by atoms with E-state index in [1.54, 1.807) is 0 Å². The van der Waals surface area contributed by atoms with Crippen molar-refractivity contribution in [1.29, 1.82) is 0 Å². The maximum atomic E-state index is 13.0. The first-order chi connectivity index (χ1) is 10.6. The van der Waals surface area contributed by atoms with Gasteiger partial charge in [0.15, 0.2) is 0 Å². The maximum Gasteiger partial charge on any atom is 0.283 e. The second kappa shape index (κ2) is 6.52. The molecule has 1 aromatic rings. The molecule has 0 saturated heterocycles. The summed E-state index contributed by atoms with van der Waals surface area (Å²) in [5, 5.41) is 6.89. The van der Waals surface area contributed by atoms with E-state index in [4.69, 9.17) is 11.6 Å². The first kappa shape index (κ1) is 15.7. The standard InChI is InChI=1S/C15H20ClF2N3O/c16-12-13(15(17)18)20-21(14(12)9-6-7-9)8-11(22)19-10-4-2-1-3-5-10/h9-10,15H,1-8H2,(H,19,22). The van der Waals surface area contributed by atoms with E-state index < -0.39 is 12.1 Å². The van der Waals surface area contributed by atoms with Crippen molar-refractivity contribution in [3.8, 4) is 0 Å². The van der Waals surface area contributed by atoms with Crippen molar-refractivity contribution < 1.29 is 13.6 Å². The van der Waals surface area contributed by atoms with Gasteiger partial charge in [-0.3, -0.25) is 9.48 Å². The number of carbonyl (C=O) groups is 1. The summed E-state index contributed by atoms with van der Waals surface area (Å²) in [5.74, 6) is -0.0104. The van der Waals surface area contributed by atoms with Crippen LogP contribution >= 0.6 is 11.6 Å². The second-order valence-corrected chi connectivity index (χ2v) is 6.60. The highest BCUT2D eigenvalue weighted by atomic mass is 35.5. The van der Waals surface area contributed by atoms with Gasteiger partial charge in [0.25, 0.3) is 6.43 Å². The van der Waals surface area contributed by atoms with Gasteiger partial charge in [0.2, 0.25) is 5.91 Å². The first-order valence-corrected chi connectivity index (χ1v) is 8.27. The van der Waals surface area contributed by atoms with E-state index in [1.807, 2.05) is 0 Å². The van der Waals surface area contributed by atoms with Gasteiger partial charge in [0.1, 0.15) is 12.2 Å². The van der Waals surface area contributed by atoms with Crippen molar-refractivity contribution in [3.63, 3.8) is 0 Å². The third-order valence-electron chi connectivity index (χ3n) is 4.39. The van der Waals surface area contributed by atoms with Crippen LogP contribution in [0.1, 0.15) is 68.7 Å². The van der Waals surface area contributed by atoms with Crippen LogP contribution in [0.2, 0.25) is 5.02 Å². The number of hydrogen-bond donors (Lipinski definition) is 1. The Morgan fingerprint density at radius 1 is 1.27 bits per heavy atom. The zero-order valence-electron chi connectivity index (χ0n) is 12.3. The van der Waals surface area contributed by atoms with Gasteiger partial charge < -0.3 is 5.32 Å². The zero-order chi connectivity index (χ0) is 15.7. The molecule has 2 aliphatic carbocycles. The SMILES string of the molecule is O=C(Cn1nc(C(F)F)c(Cl)c1C1CC1)NC1CCCCC1. The first-order valence-electron chi connectivity index (χ1n) is 7.90. The molecule has 1 amide bonds. The Labute approximate surface area is 133 Å². The molecule has 4 nitrogen and oxygen atoms in total. The molecule has 7 heteroatoms. The lowest BCUT2D eigenvalue weighted by Gasteiger charge is -2.22. The number of halogens is 3. The Morgan fingerprint density at radius 2 is 1.95 bits per heavy atom. The molecule has 0 radical (unpaired) electrons. The fourth-order valence-electron chi connectivity index (χ4n) is 3.14. The van der Waals surface area contributed by atoms with Gasteiger partial charge in [0.05, 0.1) is 10.7 Å². The molecule has 1 N–H and O–H groups in total. The monoisotopic (exact) mass is 331 g/mol. The number of hydrogen-bond acceptors (Lipinski definition) is 2. The third-order valence-corrected chi connectivity index (χ3v) is 4.78. The van der Waals surface area contributed by atoms with Crippen LogP contribution in [-0.4, -0.2) is 21.7 Å². The summed E-state index contributed by atoms with van der Waals surface area (Å²) < 4.78 is 27.3. The number of carbonyl (C=O) groups excluding carboxylic acids is 1. The van der Waals surface area contributed by atoms with Crippen molar-refractivity contribution in [3.05, 3.63) is 16.4 Å². The molecule has 2 aliphatic rings. The highest BCUT2D eigenvalue weighted by Crippen LogP contribution is 2.45. The average molecular weight is 332 g/mol. The largest absolute Gasteiger partial charge is 0.352 e. The van der Waals surface area contributed by atoms with E-state index in [9.17, 15) is 13.6 Å². The summed E-state index contributed by atoms with van der Waals surface area (Å²) in [6.07, 6.45) is 4.56. The molecule has 0 aromatic carbocycles. The minimum Gasteiger partial charge on any atom is -0.352 e. The Balaban J connectivity index is 1.70. The topological polar surface area (TPSA) is 46.9 Å². The van der Waals surface area contributed by atoms with Gasteiger partial charge in [-0.15, -0.1) is 0 Å². The van der Waals surface area contributed by atoms with E-state index in [0.29, 0.717) is 5.69 Å². The molecule has 122 valence electrons.